The van der Waals surface area contributed by atoms with E-state index in [1.807, 2.05) is 18.2 Å². The molecule has 0 amide bonds. The summed E-state index contributed by atoms with van der Waals surface area (Å²) in [5, 5.41) is 0. The highest BCUT2D eigenvalue weighted by molar-refractivity contribution is 5.62. The maximum atomic E-state index is 6.19. The number of hydrogen-bond donors (Lipinski definition) is 0. The molecule has 0 saturated carbocycles. The van der Waals surface area contributed by atoms with Crippen molar-refractivity contribution < 1.29 is 23.7 Å². The summed E-state index contributed by atoms with van der Waals surface area (Å²) in [5.41, 5.74) is 6.24. The molecule has 6 heteroatoms. The number of ether oxygens (including phenoxy) is 5. The predicted octanol–water partition coefficient (Wildman–Crippen LogP) is 4.67. The van der Waals surface area contributed by atoms with E-state index in [-0.39, 0.29) is 12.8 Å². The molecule has 0 radical (unpaired) electrons. The fourth-order valence-electron chi connectivity index (χ4n) is 5.27. The predicted molar refractivity (Wildman–Crippen MR) is 123 cm³/mol. The highest BCUT2D eigenvalue weighted by atomic mass is 16.7. The van der Waals surface area contributed by atoms with Crippen LogP contribution in [0.4, 0.5) is 0 Å². The molecule has 0 spiro atoms. The molecular weight excluding hydrogens is 418 g/mol. The summed E-state index contributed by atoms with van der Waals surface area (Å²) in [6.07, 6.45) is 1.85. The normalized spacial score (nSPS) is 18.2. The van der Waals surface area contributed by atoms with E-state index in [0.717, 1.165) is 60.2 Å². The minimum Gasteiger partial charge on any atom is -0.493 e. The average molecular weight is 446 g/mol. The van der Waals surface area contributed by atoms with Crippen LogP contribution >= 0.6 is 0 Å². The fourth-order valence-corrected chi connectivity index (χ4v) is 5.27. The van der Waals surface area contributed by atoms with Crippen LogP contribution in [0.15, 0.2) is 48.5 Å². The zero-order valence-corrected chi connectivity index (χ0v) is 18.9. The highest BCUT2D eigenvalue weighted by Gasteiger charge is 2.38. The standard InChI is InChI=1S/C27H27NO5/c1-29-22-13-20-14-28-9-8-18-11-24(30-2)26-27(33-16-32-26)25(18)21(28)10-19(20)12-23(22)31-15-17-6-4-3-5-7-17/h3-7,11-13,21H,8-10,14-16H2,1-2H3/t21-/m0/s1. The molecule has 0 bridgehead atoms. The molecule has 3 aromatic rings. The Balaban J connectivity index is 1.34. The first kappa shape index (κ1) is 20.2. The zero-order valence-electron chi connectivity index (χ0n) is 18.9. The lowest BCUT2D eigenvalue weighted by atomic mass is 9.83. The van der Waals surface area contributed by atoms with Gasteiger partial charge in [0.05, 0.1) is 14.2 Å². The lowest BCUT2D eigenvalue weighted by Gasteiger charge is -2.42. The highest BCUT2D eigenvalue weighted by Crippen LogP contribution is 2.52. The maximum Gasteiger partial charge on any atom is 0.231 e. The van der Waals surface area contributed by atoms with Gasteiger partial charge in [-0.25, -0.2) is 0 Å². The van der Waals surface area contributed by atoms with Gasteiger partial charge in [-0.1, -0.05) is 30.3 Å². The SMILES string of the molecule is COc1cc2c(cc1OCc1ccccc1)C[C@H]1c3c(cc(OC)c4c3OCO4)CCN1C2. The molecule has 170 valence electrons. The van der Waals surface area contributed by atoms with Gasteiger partial charge >= 0.3 is 0 Å². The number of benzene rings is 3. The smallest absolute Gasteiger partial charge is 0.231 e. The second-order valence-electron chi connectivity index (χ2n) is 8.70. The number of hydrogen-bond acceptors (Lipinski definition) is 6. The quantitative estimate of drug-likeness (QED) is 0.569. The third-order valence-electron chi connectivity index (χ3n) is 6.90. The summed E-state index contributed by atoms with van der Waals surface area (Å²) in [5.74, 6) is 3.89. The first-order valence-electron chi connectivity index (χ1n) is 11.3. The monoisotopic (exact) mass is 445 g/mol. The molecule has 6 nitrogen and oxygen atoms in total. The summed E-state index contributed by atoms with van der Waals surface area (Å²) in [4.78, 5) is 2.53. The average Bonchev–Trinajstić information content (AvgIpc) is 3.35. The molecule has 0 N–H and O–H groups in total. The van der Waals surface area contributed by atoms with Gasteiger partial charge in [0, 0.05) is 24.7 Å². The Morgan fingerprint density at radius 2 is 1.64 bits per heavy atom. The lowest BCUT2D eigenvalue weighted by molar-refractivity contribution is 0.148. The lowest BCUT2D eigenvalue weighted by Crippen LogP contribution is -2.39. The van der Waals surface area contributed by atoms with E-state index in [9.17, 15) is 0 Å². The summed E-state index contributed by atoms with van der Waals surface area (Å²) in [6, 6.07) is 16.9. The molecule has 3 heterocycles. The van der Waals surface area contributed by atoms with Crippen LogP contribution in [0.1, 0.15) is 33.9 Å². The molecule has 6 rings (SSSR count). The third-order valence-corrected chi connectivity index (χ3v) is 6.90. The second-order valence-corrected chi connectivity index (χ2v) is 8.70. The van der Waals surface area contributed by atoms with Crippen LogP contribution in [-0.4, -0.2) is 32.5 Å². The molecule has 0 fully saturated rings. The van der Waals surface area contributed by atoms with E-state index >= 15 is 0 Å². The number of nitrogens with zero attached hydrogens (tertiary/aromatic N) is 1. The van der Waals surface area contributed by atoms with Crippen molar-refractivity contribution in [1.29, 1.82) is 0 Å². The minimum absolute atomic E-state index is 0.234. The van der Waals surface area contributed by atoms with Crippen molar-refractivity contribution in [3.8, 4) is 28.7 Å². The molecule has 3 aliphatic rings. The summed E-state index contributed by atoms with van der Waals surface area (Å²) < 4.78 is 29.2. The van der Waals surface area contributed by atoms with Gasteiger partial charge in [0.1, 0.15) is 6.61 Å². The van der Waals surface area contributed by atoms with Crippen molar-refractivity contribution in [1.82, 2.24) is 4.90 Å². The van der Waals surface area contributed by atoms with Crippen LogP contribution in [-0.2, 0) is 26.0 Å². The Kier molecular flexibility index (Phi) is 5.03. The zero-order chi connectivity index (χ0) is 22.4. The van der Waals surface area contributed by atoms with Crippen molar-refractivity contribution in [3.63, 3.8) is 0 Å². The molecule has 3 aliphatic heterocycles. The van der Waals surface area contributed by atoms with Gasteiger partial charge in [0.15, 0.2) is 23.0 Å². The molecule has 1 atom stereocenters. The van der Waals surface area contributed by atoms with E-state index in [1.54, 1.807) is 14.2 Å². The number of methoxy groups -OCH3 is 2. The van der Waals surface area contributed by atoms with E-state index in [4.69, 9.17) is 23.7 Å². The first-order chi connectivity index (χ1) is 16.2. The van der Waals surface area contributed by atoms with Gasteiger partial charge in [-0.2, -0.15) is 0 Å². The Morgan fingerprint density at radius 3 is 2.45 bits per heavy atom. The Morgan fingerprint density at radius 1 is 0.879 bits per heavy atom. The van der Waals surface area contributed by atoms with Gasteiger partial charge in [-0.3, -0.25) is 4.90 Å². The van der Waals surface area contributed by atoms with Crippen molar-refractivity contribution in [2.75, 3.05) is 27.6 Å². The molecule has 0 aliphatic carbocycles. The molecule has 33 heavy (non-hydrogen) atoms. The third kappa shape index (κ3) is 3.45. The van der Waals surface area contributed by atoms with Crippen LogP contribution in [0, 0.1) is 0 Å². The molecular formula is C27H27NO5. The minimum atomic E-state index is 0.234. The number of rotatable bonds is 5. The van der Waals surface area contributed by atoms with Gasteiger partial charge in [0.2, 0.25) is 12.5 Å². The topological polar surface area (TPSA) is 49.4 Å². The van der Waals surface area contributed by atoms with Gasteiger partial charge in [0.25, 0.3) is 0 Å². The van der Waals surface area contributed by atoms with Crippen molar-refractivity contribution in [2.24, 2.45) is 0 Å². The van der Waals surface area contributed by atoms with Crippen LogP contribution in [0.3, 0.4) is 0 Å². The van der Waals surface area contributed by atoms with Gasteiger partial charge in [-0.15, -0.1) is 0 Å². The largest absolute Gasteiger partial charge is 0.493 e. The van der Waals surface area contributed by atoms with E-state index in [2.05, 4.69) is 35.2 Å². The van der Waals surface area contributed by atoms with E-state index < -0.39 is 0 Å². The van der Waals surface area contributed by atoms with Gasteiger partial charge in [-0.05, 0) is 53.3 Å². The van der Waals surface area contributed by atoms with E-state index in [0.29, 0.717) is 6.61 Å². The Hall–Kier alpha value is -3.38. The first-order valence-corrected chi connectivity index (χ1v) is 11.3. The van der Waals surface area contributed by atoms with Crippen molar-refractivity contribution in [3.05, 3.63) is 76.3 Å². The molecule has 0 aromatic heterocycles. The Labute approximate surface area is 193 Å². The van der Waals surface area contributed by atoms with Crippen LogP contribution in [0.2, 0.25) is 0 Å². The fraction of sp³-hybridized carbons (Fsp3) is 0.333. The summed E-state index contributed by atoms with van der Waals surface area (Å²) in [6.45, 7) is 2.61. The maximum absolute atomic E-state index is 6.19. The molecule has 0 unspecified atom stereocenters. The summed E-state index contributed by atoms with van der Waals surface area (Å²) in [7, 11) is 3.38. The van der Waals surface area contributed by atoms with Crippen LogP contribution in [0.25, 0.3) is 0 Å². The van der Waals surface area contributed by atoms with Crippen molar-refractivity contribution in [2.45, 2.75) is 32.0 Å². The number of fused-ring (bicyclic) bond motifs is 6. The molecule has 0 saturated heterocycles. The van der Waals surface area contributed by atoms with Gasteiger partial charge < -0.3 is 23.7 Å². The second kappa shape index (κ2) is 8.19. The van der Waals surface area contributed by atoms with Crippen LogP contribution in [0.5, 0.6) is 28.7 Å². The van der Waals surface area contributed by atoms with Crippen LogP contribution < -0.4 is 23.7 Å². The molecule has 3 aromatic carbocycles. The Bertz CT molecular complexity index is 1190. The summed E-state index contributed by atoms with van der Waals surface area (Å²) >= 11 is 0. The van der Waals surface area contributed by atoms with Crippen molar-refractivity contribution >= 4 is 0 Å². The van der Waals surface area contributed by atoms with E-state index in [1.165, 1.54) is 22.3 Å².